The fourth-order valence-electron chi connectivity index (χ4n) is 1.87. The van der Waals surface area contributed by atoms with Crippen LogP contribution in [0.2, 0.25) is 0 Å². The van der Waals surface area contributed by atoms with Gasteiger partial charge in [-0.05, 0) is 49.1 Å². The molecule has 0 radical (unpaired) electrons. The van der Waals surface area contributed by atoms with Crippen LogP contribution in [0.3, 0.4) is 0 Å². The Kier molecular flexibility index (Phi) is 2.67. The lowest BCUT2D eigenvalue weighted by Crippen LogP contribution is -1.93. The number of carbonyl (C=O) groups excluding carboxylic acids is 1. The average molecular weight is 204 g/mol. The van der Waals surface area contributed by atoms with Gasteiger partial charge < -0.3 is 0 Å². The molecular formula is C13H13FO. The van der Waals surface area contributed by atoms with Crippen molar-refractivity contribution in [3.63, 3.8) is 0 Å². The van der Waals surface area contributed by atoms with E-state index in [0.717, 1.165) is 23.1 Å². The fraction of sp³-hybridized carbons (Fsp3) is 0.308. The number of allylic oxidation sites excluding steroid dienone is 2. The molecule has 15 heavy (non-hydrogen) atoms. The van der Waals surface area contributed by atoms with Gasteiger partial charge in [-0.15, -0.1) is 0 Å². The molecule has 78 valence electrons. The topological polar surface area (TPSA) is 17.1 Å². The second-order valence-electron chi connectivity index (χ2n) is 4.02. The summed E-state index contributed by atoms with van der Waals surface area (Å²) in [4.78, 5) is 11.0. The third-order valence-electron chi connectivity index (χ3n) is 2.79. The van der Waals surface area contributed by atoms with Gasteiger partial charge in [0.05, 0.1) is 0 Å². The first-order chi connectivity index (χ1) is 7.15. The van der Waals surface area contributed by atoms with Gasteiger partial charge in [0.15, 0.2) is 5.78 Å². The van der Waals surface area contributed by atoms with Gasteiger partial charge in [-0.1, -0.05) is 11.6 Å². The highest BCUT2D eigenvalue weighted by molar-refractivity contribution is 5.93. The van der Waals surface area contributed by atoms with Crippen LogP contribution in [0.5, 0.6) is 0 Å². The van der Waals surface area contributed by atoms with Crippen molar-refractivity contribution in [2.75, 3.05) is 0 Å². The summed E-state index contributed by atoms with van der Waals surface area (Å²) in [5.41, 5.74) is 3.18. The van der Waals surface area contributed by atoms with Crippen LogP contribution >= 0.6 is 0 Å². The molecule has 0 N–H and O–H groups in total. The Morgan fingerprint density at radius 3 is 2.80 bits per heavy atom. The molecule has 0 bridgehead atoms. The van der Waals surface area contributed by atoms with Crippen molar-refractivity contribution < 1.29 is 9.18 Å². The van der Waals surface area contributed by atoms with Gasteiger partial charge in [0, 0.05) is 6.42 Å². The van der Waals surface area contributed by atoms with Gasteiger partial charge in [-0.2, -0.15) is 0 Å². The summed E-state index contributed by atoms with van der Waals surface area (Å²) in [7, 11) is 0. The lowest BCUT2D eigenvalue weighted by atomic mass is 10.0. The van der Waals surface area contributed by atoms with Crippen molar-refractivity contribution in [3.05, 3.63) is 46.8 Å². The number of ketones is 1. The molecule has 0 saturated carbocycles. The Hall–Kier alpha value is -1.44. The predicted octanol–water partition coefficient (Wildman–Crippen LogP) is 2.97. The number of halogens is 1. The second kappa shape index (κ2) is 3.97. The van der Waals surface area contributed by atoms with Gasteiger partial charge in [-0.25, -0.2) is 4.39 Å². The maximum absolute atomic E-state index is 13.0. The first-order valence-corrected chi connectivity index (χ1v) is 5.12. The molecule has 1 aromatic carbocycles. The second-order valence-corrected chi connectivity index (χ2v) is 4.02. The van der Waals surface area contributed by atoms with Gasteiger partial charge in [0.1, 0.15) is 5.82 Å². The van der Waals surface area contributed by atoms with Crippen LogP contribution in [0.25, 0.3) is 0 Å². The summed E-state index contributed by atoms with van der Waals surface area (Å²) >= 11 is 0. The molecule has 2 rings (SSSR count). The van der Waals surface area contributed by atoms with Crippen LogP contribution in [0, 0.1) is 12.7 Å². The Morgan fingerprint density at radius 2 is 2.13 bits per heavy atom. The molecule has 0 saturated heterocycles. The minimum Gasteiger partial charge on any atom is -0.295 e. The van der Waals surface area contributed by atoms with Crippen molar-refractivity contribution in [2.45, 2.75) is 26.2 Å². The molecule has 0 atom stereocenters. The highest BCUT2D eigenvalue weighted by atomic mass is 19.1. The van der Waals surface area contributed by atoms with Crippen LogP contribution in [-0.4, -0.2) is 5.78 Å². The minimum atomic E-state index is -0.208. The molecule has 0 aromatic heterocycles. The standard InChI is InChI=1S/C13H13FO/c1-9-2-4-12(14)8-11(9)6-10-3-5-13(15)7-10/h2,4,7-8H,3,5-6H2,1H3. The number of carbonyl (C=O) groups is 1. The first-order valence-electron chi connectivity index (χ1n) is 5.12. The maximum Gasteiger partial charge on any atom is 0.155 e. The summed E-state index contributed by atoms with van der Waals surface area (Å²) in [5.74, 6) is -0.0143. The summed E-state index contributed by atoms with van der Waals surface area (Å²) in [6, 6.07) is 4.80. The molecule has 2 heteroatoms. The van der Waals surface area contributed by atoms with E-state index in [1.807, 2.05) is 6.92 Å². The Balaban J connectivity index is 2.20. The predicted molar refractivity (Wildman–Crippen MR) is 57.2 cm³/mol. The molecule has 0 amide bonds. The maximum atomic E-state index is 13.0. The summed E-state index contributed by atoms with van der Waals surface area (Å²) < 4.78 is 13.0. The number of aryl methyl sites for hydroxylation is 1. The zero-order valence-electron chi connectivity index (χ0n) is 8.72. The van der Waals surface area contributed by atoms with E-state index in [2.05, 4.69) is 0 Å². The van der Waals surface area contributed by atoms with Crippen molar-refractivity contribution in [3.8, 4) is 0 Å². The minimum absolute atomic E-state index is 0.194. The van der Waals surface area contributed by atoms with E-state index in [4.69, 9.17) is 0 Å². The molecule has 1 aliphatic carbocycles. The Morgan fingerprint density at radius 1 is 1.33 bits per heavy atom. The molecule has 0 unspecified atom stereocenters. The van der Waals surface area contributed by atoms with Gasteiger partial charge in [0.2, 0.25) is 0 Å². The Labute approximate surface area is 88.6 Å². The highest BCUT2D eigenvalue weighted by Crippen LogP contribution is 2.21. The molecule has 0 spiro atoms. The van der Waals surface area contributed by atoms with Gasteiger partial charge >= 0.3 is 0 Å². The van der Waals surface area contributed by atoms with Crippen molar-refractivity contribution in [1.29, 1.82) is 0 Å². The lowest BCUT2D eigenvalue weighted by molar-refractivity contribution is -0.114. The first kappa shape index (κ1) is 10.1. The van der Waals surface area contributed by atoms with E-state index >= 15 is 0 Å². The number of hydrogen-bond acceptors (Lipinski definition) is 1. The number of hydrogen-bond donors (Lipinski definition) is 0. The van der Waals surface area contributed by atoms with Gasteiger partial charge in [0.25, 0.3) is 0 Å². The van der Waals surface area contributed by atoms with Crippen LogP contribution in [0.4, 0.5) is 4.39 Å². The zero-order chi connectivity index (χ0) is 10.8. The molecule has 0 aliphatic heterocycles. The molecule has 1 nitrogen and oxygen atoms in total. The third-order valence-corrected chi connectivity index (χ3v) is 2.79. The SMILES string of the molecule is Cc1ccc(F)cc1CC1=CC(=O)CC1. The Bertz CT molecular complexity index is 432. The summed E-state index contributed by atoms with van der Waals surface area (Å²) in [6.45, 7) is 1.96. The van der Waals surface area contributed by atoms with Crippen LogP contribution in [0.15, 0.2) is 29.8 Å². The monoisotopic (exact) mass is 204 g/mol. The van der Waals surface area contributed by atoms with E-state index in [1.165, 1.54) is 6.07 Å². The van der Waals surface area contributed by atoms with Gasteiger partial charge in [-0.3, -0.25) is 4.79 Å². The molecule has 0 heterocycles. The van der Waals surface area contributed by atoms with E-state index < -0.39 is 0 Å². The molecule has 1 aliphatic rings. The molecular weight excluding hydrogens is 191 g/mol. The summed E-state index contributed by atoms with van der Waals surface area (Å²) in [6.07, 6.45) is 3.85. The lowest BCUT2D eigenvalue weighted by Gasteiger charge is -2.06. The van der Waals surface area contributed by atoms with E-state index in [-0.39, 0.29) is 11.6 Å². The van der Waals surface area contributed by atoms with E-state index in [1.54, 1.807) is 18.2 Å². The normalized spacial score (nSPS) is 15.6. The zero-order valence-corrected chi connectivity index (χ0v) is 8.72. The largest absolute Gasteiger partial charge is 0.295 e. The number of rotatable bonds is 2. The fourth-order valence-corrected chi connectivity index (χ4v) is 1.87. The molecule has 1 aromatic rings. The highest BCUT2D eigenvalue weighted by Gasteiger charge is 2.13. The van der Waals surface area contributed by atoms with Crippen LogP contribution < -0.4 is 0 Å². The number of benzene rings is 1. The summed E-state index contributed by atoms with van der Waals surface area (Å²) in [5, 5.41) is 0. The smallest absolute Gasteiger partial charge is 0.155 e. The van der Waals surface area contributed by atoms with Crippen molar-refractivity contribution >= 4 is 5.78 Å². The molecule has 0 fully saturated rings. The van der Waals surface area contributed by atoms with Crippen molar-refractivity contribution in [1.82, 2.24) is 0 Å². The van der Waals surface area contributed by atoms with Crippen molar-refractivity contribution in [2.24, 2.45) is 0 Å². The average Bonchev–Trinajstić information content (AvgIpc) is 2.58. The van der Waals surface area contributed by atoms with E-state index in [9.17, 15) is 9.18 Å². The third kappa shape index (κ3) is 2.32. The quantitative estimate of drug-likeness (QED) is 0.723. The van der Waals surface area contributed by atoms with E-state index in [0.29, 0.717) is 12.8 Å². The van der Waals surface area contributed by atoms with Crippen LogP contribution in [0.1, 0.15) is 24.0 Å². The van der Waals surface area contributed by atoms with Crippen LogP contribution in [-0.2, 0) is 11.2 Å².